The number of methoxy groups -OCH3 is 1. The molecule has 2 fully saturated rings. The predicted octanol–water partition coefficient (Wildman–Crippen LogP) is 0.0926. The molecule has 0 radical (unpaired) electrons. The first kappa shape index (κ1) is 9.30. The maximum atomic E-state index is 5.32. The zero-order valence-electron chi connectivity index (χ0n) is 7.66. The van der Waals surface area contributed by atoms with Crippen LogP contribution in [0.4, 0.5) is 0 Å². The van der Waals surface area contributed by atoms with Crippen molar-refractivity contribution in [2.45, 2.75) is 11.3 Å². The van der Waals surface area contributed by atoms with Crippen LogP contribution in [0.3, 0.4) is 0 Å². The molecule has 2 rings (SSSR count). The van der Waals surface area contributed by atoms with Gasteiger partial charge in [0, 0.05) is 7.11 Å². The van der Waals surface area contributed by atoms with Crippen molar-refractivity contribution in [1.82, 2.24) is 5.32 Å². The van der Waals surface area contributed by atoms with Gasteiger partial charge in [0.15, 0.2) is 5.17 Å². The van der Waals surface area contributed by atoms with Gasteiger partial charge in [0.25, 0.3) is 0 Å². The van der Waals surface area contributed by atoms with E-state index in [9.17, 15) is 0 Å². The van der Waals surface area contributed by atoms with Gasteiger partial charge in [-0.1, -0.05) is 11.8 Å². The van der Waals surface area contributed by atoms with Gasteiger partial charge in [-0.3, -0.25) is 4.99 Å². The van der Waals surface area contributed by atoms with Crippen LogP contribution in [0.5, 0.6) is 0 Å². The molecule has 4 nitrogen and oxygen atoms in total. The number of thioether (sulfide) groups is 1. The number of nitrogens with zero attached hydrogens (tertiary/aromatic N) is 1. The van der Waals surface area contributed by atoms with Crippen LogP contribution >= 0.6 is 11.8 Å². The largest absolute Gasteiger partial charge is 0.383 e. The molecular weight excluding hydrogens is 188 g/mol. The minimum Gasteiger partial charge on any atom is -0.383 e. The molecule has 0 aliphatic carbocycles. The summed E-state index contributed by atoms with van der Waals surface area (Å²) in [5.74, 6) is 0. The lowest BCUT2D eigenvalue weighted by Gasteiger charge is -2.03. The first-order valence-corrected chi connectivity index (χ1v) is 5.32. The van der Waals surface area contributed by atoms with Gasteiger partial charge in [0.05, 0.1) is 37.7 Å². The van der Waals surface area contributed by atoms with Gasteiger partial charge in [0.2, 0.25) is 0 Å². The second kappa shape index (κ2) is 4.30. The van der Waals surface area contributed by atoms with Gasteiger partial charge >= 0.3 is 0 Å². The topological polar surface area (TPSA) is 42.8 Å². The lowest BCUT2D eigenvalue weighted by molar-refractivity contribution is 0.192. The average Bonchev–Trinajstić information content (AvgIpc) is 2.64. The van der Waals surface area contributed by atoms with Crippen molar-refractivity contribution in [3.8, 4) is 0 Å². The molecule has 0 saturated carbocycles. The predicted molar refractivity (Wildman–Crippen MR) is 53.3 cm³/mol. The summed E-state index contributed by atoms with van der Waals surface area (Å²) in [5.41, 5.74) is 0. The second-order valence-corrected chi connectivity index (χ2v) is 4.35. The first-order chi connectivity index (χ1) is 6.40. The lowest BCUT2D eigenvalue weighted by atomic mass is 10.3. The summed E-state index contributed by atoms with van der Waals surface area (Å²) in [4.78, 5) is 4.38. The fourth-order valence-corrected chi connectivity index (χ4v) is 2.59. The van der Waals surface area contributed by atoms with Crippen LogP contribution in [0.15, 0.2) is 4.99 Å². The van der Waals surface area contributed by atoms with E-state index in [1.54, 1.807) is 18.9 Å². The summed E-state index contributed by atoms with van der Waals surface area (Å²) < 4.78 is 10.2. The number of aliphatic imine (C=N–C) groups is 1. The zero-order chi connectivity index (χ0) is 9.10. The standard InChI is InChI=1S/C8H14N2O2S/c1-11-3-2-9-8-10-6-4-12-5-7(6)13-8/h6-7H,2-5H2,1H3,(H,9,10). The molecule has 2 unspecified atom stereocenters. The van der Waals surface area contributed by atoms with E-state index in [0.717, 1.165) is 24.9 Å². The molecule has 2 saturated heterocycles. The molecule has 0 bridgehead atoms. The summed E-state index contributed by atoms with van der Waals surface area (Å²) in [6.07, 6.45) is 0. The van der Waals surface area contributed by atoms with Gasteiger partial charge in [-0.15, -0.1) is 0 Å². The van der Waals surface area contributed by atoms with Crippen molar-refractivity contribution in [2.24, 2.45) is 4.99 Å². The Morgan fingerprint density at radius 1 is 1.69 bits per heavy atom. The maximum absolute atomic E-state index is 5.32. The first-order valence-electron chi connectivity index (χ1n) is 4.44. The lowest BCUT2D eigenvalue weighted by Crippen LogP contribution is -2.30. The Hall–Kier alpha value is -0.260. The maximum Gasteiger partial charge on any atom is 0.157 e. The summed E-state index contributed by atoms with van der Waals surface area (Å²) in [5, 5.41) is 4.97. The Kier molecular flexibility index (Phi) is 3.08. The van der Waals surface area contributed by atoms with Crippen molar-refractivity contribution in [3.05, 3.63) is 0 Å². The van der Waals surface area contributed by atoms with E-state index in [2.05, 4.69) is 10.3 Å². The Balaban J connectivity index is 1.81. The minimum atomic E-state index is 0.478. The summed E-state index contributed by atoms with van der Waals surface area (Å²) in [6.45, 7) is 3.11. The SMILES string of the molecule is COCCN=C1NC2COCC2S1. The van der Waals surface area contributed by atoms with Crippen molar-refractivity contribution in [2.75, 3.05) is 33.5 Å². The zero-order valence-corrected chi connectivity index (χ0v) is 8.47. The van der Waals surface area contributed by atoms with E-state index in [0.29, 0.717) is 17.9 Å². The highest BCUT2D eigenvalue weighted by Gasteiger charge is 2.36. The molecule has 1 N–H and O–H groups in total. The molecule has 0 aromatic rings. The third-order valence-corrected chi connectivity index (χ3v) is 3.39. The van der Waals surface area contributed by atoms with E-state index in [-0.39, 0.29) is 0 Å². The molecule has 5 heteroatoms. The normalized spacial score (nSPS) is 35.0. The van der Waals surface area contributed by atoms with Crippen LogP contribution in [0.2, 0.25) is 0 Å². The van der Waals surface area contributed by atoms with E-state index < -0.39 is 0 Å². The number of amidine groups is 1. The van der Waals surface area contributed by atoms with Crippen molar-refractivity contribution >= 4 is 16.9 Å². The second-order valence-electron chi connectivity index (χ2n) is 3.12. The van der Waals surface area contributed by atoms with Gasteiger partial charge in [-0.2, -0.15) is 0 Å². The van der Waals surface area contributed by atoms with E-state index in [4.69, 9.17) is 9.47 Å². The minimum absolute atomic E-state index is 0.478. The molecular formula is C8H14N2O2S. The fourth-order valence-electron chi connectivity index (χ4n) is 1.44. The molecule has 2 heterocycles. The third-order valence-electron chi connectivity index (χ3n) is 2.15. The van der Waals surface area contributed by atoms with Crippen LogP contribution in [0.25, 0.3) is 0 Å². The summed E-state index contributed by atoms with van der Waals surface area (Å²) in [7, 11) is 1.69. The van der Waals surface area contributed by atoms with Gasteiger partial charge in [-0.05, 0) is 0 Å². The molecule has 0 aromatic heterocycles. The van der Waals surface area contributed by atoms with Crippen molar-refractivity contribution < 1.29 is 9.47 Å². The van der Waals surface area contributed by atoms with Crippen LogP contribution < -0.4 is 5.32 Å². The third kappa shape index (κ3) is 2.15. The van der Waals surface area contributed by atoms with Gasteiger partial charge in [0.1, 0.15) is 0 Å². The molecule has 0 amide bonds. The highest BCUT2D eigenvalue weighted by molar-refractivity contribution is 8.14. The number of hydrogen-bond donors (Lipinski definition) is 1. The monoisotopic (exact) mass is 202 g/mol. The average molecular weight is 202 g/mol. The van der Waals surface area contributed by atoms with Crippen LogP contribution in [-0.4, -0.2) is 49.9 Å². The Bertz CT molecular complexity index is 196. The quantitative estimate of drug-likeness (QED) is 0.659. The van der Waals surface area contributed by atoms with Crippen molar-refractivity contribution in [1.29, 1.82) is 0 Å². The fraction of sp³-hybridized carbons (Fsp3) is 0.875. The van der Waals surface area contributed by atoms with Gasteiger partial charge in [-0.25, -0.2) is 0 Å². The molecule has 0 spiro atoms. The number of rotatable bonds is 3. The summed E-state index contributed by atoms with van der Waals surface area (Å²) in [6, 6.07) is 0.478. The molecule has 2 atom stereocenters. The van der Waals surface area contributed by atoms with Crippen LogP contribution in [0, 0.1) is 0 Å². The van der Waals surface area contributed by atoms with E-state index in [1.807, 2.05) is 0 Å². The molecule has 2 aliphatic rings. The summed E-state index contributed by atoms with van der Waals surface area (Å²) >= 11 is 1.79. The number of ether oxygens (including phenoxy) is 2. The van der Waals surface area contributed by atoms with Crippen molar-refractivity contribution in [3.63, 3.8) is 0 Å². The molecule has 2 aliphatic heterocycles. The molecule has 13 heavy (non-hydrogen) atoms. The van der Waals surface area contributed by atoms with Crippen LogP contribution in [0.1, 0.15) is 0 Å². The highest BCUT2D eigenvalue weighted by atomic mass is 32.2. The Morgan fingerprint density at radius 3 is 3.38 bits per heavy atom. The van der Waals surface area contributed by atoms with E-state index >= 15 is 0 Å². The number of nitrogens with one attached hydrogen (secondary N) is 1. The van der Waals surface area contributed by atoms with Crippen LogP contribution in [-0.2, 0) is 9.47 Å². The molecule has 74 valence electrons. The van der Waals surface area contributed by atoms with Gasteiger partial charge < -0.3 is 14.8 Å². The Morgan fingerprint density at radius 2 is 2.62 bits per heavy atom. The number of fused-ring (bicyclic) bond motifs is 1. The molecule has 0 aromatic carbocycles. The highest BCUT2D eigenvalue weighted by Crippen LogP contribution is 2.27. The Labute approximate surface area is 82.1 Å². The van der Waals surface area contributed by atoms with E-state index in [1.165, 1.54) is 0 Å². The number of hydrogen-bond acceptors (Lipinski definition) is 4. The smallest absolute Gasteiger partial charge is 0.157 e.